The molecule has 3 aromatic rings. The highest BCUT2D eigenvalue weighted by Gasteiger charge is 2.13. The number of amides is 1. The maximum Gasteiger partial charge on any atom is 0.220 e. The van der Waals surface area contributed by atoms with Crippen molar-refractivity contribution in [3.63, 3.8) is 0 Å². The minimum absolute atomic E-state index is 0.123. The van der Waals surface area contributed by atoms with E-state index in [0.29, 0.717) is 18.9 Å². The van der Waals surface area contributed by atoms with Crippen LogP contribution in [0.4, 0.5) is 8.78 Å². The minimum atomic E-state index is -0.719. The molecule has 0 aliphatic carbocycles. The number of rotatable bonds is 6. The van der Waals surface area contributed by atoms with Crippen LogP contribution in [0.2, 0.25) is 0 Å². The van der Waals surface area contributed by atoms with E-state index >= 15 is 0 Å². The van der Waals surface area contributed by atoms with Gasteiger partial charge in [-0.1, -0.05) is 23.8 Å². The van der Waals surface area contributed by atoms with Crippen LogP contribution in [-0.4, -0.2) is 10.9 Å². The van der Waals surface area contributed by atoms with Gasteiger partial charge in [-0.2, -0.15) is 0 Å². The number of carbonyl (C=O) groups excluding carboxylic acids is 1. The summed E-state index contributed by atoms with van der Waals surface area (Å²) in [4.78, 5) is 16.1. The van der Waals surface area contributed by atoms with Crippen LogP contribution in [0.5, 0.6) is 0 Å². The van der Waals surface area contributed by atoms with E-state index in [-0.39, 0.29) is 23.7 Å². The number of aryl methyl sites for hydroxylation is 3. The van der Waals surface area contributed by atoms with Crippen LogP contribution in [0.1, 0.15) is 29.0 Å². The zero-order valence-electron chi connectivity index (χ0n) is 15.2. The van der Waals surface area contributed by atoms with Gasteiger partial charge in [-0.05, 0) is 37.1 Å². The van der Waals surface area contributed by atoms with E-state index in [4.69, 9.17) is 4.42 Å². The van der Waals surface area contributed by atoms with Gasteiger partial charge in [0.15, 0.2) is 11.7 Å². The van der Waals surface area contributed by atoms with Crippen molar-refractivity contribution in [3.05, 3.63) is 76.8 Å². The summed E-state index contributed by atoms with van der Waals surface area (Å²) < 4.78 is 32.3. The van der Waals surface area contributed by atoms with Crippen LogP contribution in [-0.2, 0) is 17.8 Å². The third-order valence-corrected chi connectivity index (χ3v) is 4.29. The van der Waals surface area contributed by atoms with Crippen LogP contribution in [0.3, 0.4) is 0 Å². The van der Waals surface area contributed by atoms with Crippen LogP contribution in [0, 0.1) is 25.5 Å². The maximum atomic E-state index is 13.8. The summed E-state index contributed by atoms with van der Waals surface area (Å²) in [5.41, 5.74) is 3.52. The lowest BCUT2D eigenvalue weighted by atomic mass is 10.1. The molecule has 1 amide bonds. The zero-order chi connectivity index (χ0) is 19.4. The lowest BCUT2D eigenvalue weighted by Crippen LogP contribution is -2.23. The summed E-state index contributed by atoms with van der Waals surface area (Å²) >= 11 is 0. The molecule has 0 aliphatic heterocycles. The number of hydrogen-bond donors (Lipinski definition) is 1. The highest BCUT2D eigenvalue weighted by atomic mass is 19.1. The van der Waals surface area contributed by atoms with E-state index < -0.39 is 11.6 Å². The smallest absolute Gasteiger partial charge is 0.220 e. The van der Waals surface area contributed by atoms with Crippen molar-refractivity contribution < 1.29 is 18.0 Å². The minimum Gasteiger partial charge on any atom is -0.441 e. The van der Waals surface area contributed by atoms with Crippen molar-refractivity contribution in [1.82, 2.24) is 10.3 Å². The standard InChI is InChI=1S/C21H20F2N2O2/c1-13-3-4-15(14(2)9-13)11-24-20(26)7-8-21-25-12-19(27-21)17-6-5-16(22)10-18(17)23/h3-6,9-10,12H,7-8,11H2,1-2H3,(H,24,26). The quantitative estimate of drug-likeness (QED) is 0.696. The number of hydrogen-bond acceptors (Lipinski definition) is 3. The lowest BCUT2D eigenvalue weighted by molar-refractivity contribution is -0.121. The summed E-state index contributed by atoms with van der Waals surface area (Å²) in [6.07, 6.45) is 1.87. The number of halogens is 2. The van der Waals surface area contributed by atoms with Crippen LogP contribution >= 0.6 is 0 Å². The van der Waals surface area contributed by atoms with Gasteiger partial charge in [-0.3, -0.25) is 4.79 Å². The molecule has 1 heterocycles. The van der Waals surface area contributed by atoms with E-state index in [9.17, 15) is 13.6 Å². The Kier molecular flexibility index (Phi) is 5.64. The summed E-state index contributed by atoms with van der Waals surface area (Å²) in [6, 6.07) is 9.33. The first-order chi connectivity index (χ1) is 12.9. The molecule has 0 fully saturated rings. The molecule has 0 bridgehead atoms. The number of carbonyl (C=O) groups is 1. The van der Waals surface area contributed by atoms with Crippen LogP contribution in [0.15, 0.2) is 47.0 Å². The molecular formula is C21H20F2N2O2. The van der Waals surface area contributed by atoms with Crippen molar-refractivity contribution in [3.8, 4) is 11.3 Å². The molecular weight excluding hydrogens is 350 g/mol. The van der Waals surface area contributed by atoms with Gasteiger partial charge < -0.3 is 9.73 Å². The average Bonchev–Trinajstić information content (AvgIpc) is 3.08. The molecule has 27 heavy (non-hydrogen) atoms. The van der Waals surface area contributed by atoms with E-state index in [2.05, 4.69) is 16.4 Å². The second-order valence-corrected chi connectivity index (χ2v) is 6.45. The maximum absolute atomic E-state index is 13.8. The highest BCUT2D eigenvalue weighted by molar-refractivity contribution is 5.76. The number of aromatic nitrogens is 1. The Morgan fingerprint density at radius 2 is 1.96 bits per heavy atom. The fourth-order valence-corrected chi connectivity index (χ4v) is 2.79. The Balaban J connectivity index is 1.54. The SMILES string of the molecule is Cc1ccc(CNC(=O)CCc2ncc(-c3ccc(F)cc3F)o2)c(C)c1. The molecule has 0 saturated heterocycles. The second-order valence-electron chi connectivity index (χ2n) is 6.45. The normalized spacial score (nSPS) is 10.8. The molecule has 0 atom stereocenters. The molecule has 0 spiro atoms. The van der Waals surface area contributed by atoms with Crippen molar-refractivity contribution in [2.75, 3.05) is 0 Å². The molecule has 0 unspecified atom stereocenters. The van der Waals surface area contributed by atoms with Crippen molar-refractivity contribution in [2.45, 2.75) is 33.2 Å². The van der Waals surface area contributed by atoms with Gasteiger partial charge in [0.05, 0.1) is 11.8 Å². The fraction of sp³-hybridized carbons (Fsp3) is 0.238. The van der Waals surface area contributed by atoms with Gasteiger partial charge in [-0.25, -0.2) is 13.8 Å². The van der Waals surface area contributed by atoms with Gasteiger partial charge in [0.1, 0.15) is 11.6 Å². The summed E-state index contributed by atoms with van der Waals surface area (Å²) in [6.45, 7) is 4.50. The van der Waals surface area contributed by atoms with Gasteiger partial charge in [0.2, 0.25) is 5.91 Å². The Morgan fingerprint density at radius 3 is 2.70 bits per heavy atom. The number of benzene rings is 2. The van der Waals surface area contributed by atoms with Gasteiger partial charge in [-0.15, -0.1) is 0 Å². The number of nitrogens with zero attached hydrogens (tertiary/aromatic N) is 1. The fourth-order valence-electron chi connectivity index (χ4n) is 2.79. The first kappa shape index (κ1) is 18.8. The molecule has 3 rings (SSSR count). The van der Waals surface area contributed by atoms with Gasteiger partial charge in [0.25, 0.3) is 0 Å². The topological polar surface area (TPSA) is 55.1 Å². The summed E-state index contributed by atoms with van der Waals surface area (Å²) in [5, 5.41) is 2.87. The molecule has 0 radical (unpaired) electrons. The van der Waals surface area contributed by atoms with E-state index in [1.54, 1.807) is 0 Å². The van der Waals surface area contributed by atoms with Crippen molar-refractivity contribution >= 4 is 5.91 Å². The largest absolute Gasteiger partial charge is 0.441 e. The van der Waals surface area contributed by atoms with E-state index in [0.717, 1.165) is 23.3 Å². The number of oxazole rings is 1. The molecule has 0 aliphatic rings. The molecule has 4 nitrogen and oxygen atoms in total. The molecule has 0 saturated carbocycles. The predicted octanol–water partition coefficient (Wildman–Crippen LogP) is 4.49. The Hall–Kier alpha value is -3.02. The van der Waals surface area contributed by atoms with Gasteiger partial charge >= 0.3 is 0 Å². The first-order valence-electron chi connectivity index (χ1n) is 8.65. The molecule has 1 N–H and O–H groups in total. The average molecular weight is 370 g/mol. The monoisotopic (exact) mass is 370 g/mol. The zero-order valence-corrected chi connectivity index (χ0v) is 15.2. The van der Waals surface area contributed by atoms with E-state index in [1.165, 1.54) is 17.8 Å². The summed E-state index contributed by atoms with van der Waals surface area (Å²) in [5.74, 6) is -0.961. The lowest BCUT2D eigenvalue weighted by Gasteiger charge is -2.08. The third kappa shape index (κ3) is 4.78. The molecule has 1 aromatic heterocycles. The highest BCUT2D eigenvalue weighted by Crippen LogP contribution is 2.24. The summed E-state index contributed by atoms with van der Waals surface area (Å²) in [7, 11) is 0. The third-order valence-electron chi connectivity index (χ3n) is 4.29. The van der Waals surface area contributed by atoms with Gasteiger partial charge in [0, 0.05) is 25.5 Å². The Labute approximate surface area is 156 Å². The van der Waals surface area contributed by atoms with Crippen LogP contribution in [0.25, 0.3) is 11.3 Å². The van der Waals surface area contributed by atoms with Crippen LogP contribution < -0.4 is 5.32 Å². The Morgan fingerprint density at radius 1 is 1.15 bits per heavy atom. The molecule has 2 aromatic carbocycles. The van der Waals surface area contributed by atoms with Crippen molar-refractivity contribution in [2.24, 2.45) is 0 Å². The molecule has 6 heteroatoms. The van der Waals surface area contributed by atoms with Crippen molar-refractivity contribution in [1.29, 1.82) is 0 Å². The molecule has 140 valence electrons. The number of nitrogens with one attached hydrogen (secondary N) is 1. The van der Waals surface area contributed by atoms with E-state index in [1.807, 2.05) is 26.0 Å². The second kappa shape index (κ2) is 8.12. The first-order valence-corrected chi connectivity index (χ1v) is 8.65. The predicted molar refractivity (Wildman–Crippen MR) is 97.9 cm³/mol. The Bertz CT molecular complexity index is 967.